The fourth-order valence-electron chi connectivity index (χ4n) is 4.20. The first-order valence-electron chi connectivity index (χ1n) is 12.2. The molecule has 8 heteroatoms. The quantitative estimate of drug-likeness (QED) is 0.168. The Morgan fingerprint density at radius 3 is 2.42 bits per heavy atom. The van der Waals surface area contributed by atoms with Crippen LogP contribution in [-0.4, -0.2) is 27.2 Å². The lowest BCUT2D eigenvalue weighted by Gasteiger charge is -2.06. The molecule has 4 aromatic rings. The van der Waals surface area contributed by atoms with Crippen LogP contribution in [0.3, 0.4) is 0 Å². The van der Waals surface area contributed by atoms with E-state index >= 15 is 0 Å². The summed E-state index contributed by atoms with van der Waals surface area (Å²) < 4.78 is 17.5. The SMILES string of the molecule is CCCCCCNC(=O)c1nc(-c2cccc3ccccc23)oc1Cc1ccc(CP(=O)(O)O)cc1. The third-order valence-corrected chi connectivity index (χ3v) is 6.80. The van der Waals surface area contributed by atoms with Crippen molar-refractivity contribution in [3.63, 3.8) is 0 Å². The van der Waals surface area contributed by atoms with Crippen LogP contribution in [0.25, 0.3) is 22.2 Å². The van der Waals surface area contributed by atoms with Gasteiger partial charge in [0, 0.05) is 18.5 Å². The Balaban J connectivity index is 1.63. The summed E-state index contributed by atoms with van der Waals surface area (Å²) in [4.78, 5) is 36.2. The molecule has 7 nitrogen and oxygen atoms in total. The zero-order valence-corrected chi connectivity index (χ0v) is 21.2. The molecule has 36 heavy (non-hydrogen) atoms. The Labute approximate surface area is 210 Å². The zero-order chi connectivity index (χ0) is 25.5. The lowest BCUT2D eigenvalue weighted by Crippen LogP contribution is -2.25. The second-order valence-electron chi connectivity index (χ2n) is 8.95. The highest BCUT2D eigenvalue weighted by Gasteiger charge is 2.22. The molecule has 1 aromatic heterocycles. The van der Waals surface area contributed by atoms with E-state index in [1.54, 1.807) is 24.3 Å². The van der Waals surface area contributed by atoms with Crippen LogP contribution < -0.4 is 5.32 Å². The van der Waals surface area contributed by atoms with Crippen molar-refractivity contribution in [2.75, 3.05) is 6.54 Å². The van der Waals surface area contributed by atoms with Crippen molar-refractivity contribution in [3.05, 3.63) is 89.3 Å². The molecule has 3 aromatic carbocycles. The van der Waals surface area contributed by atoms with Crippen molar-refractivity contribution < 1.29 is 23.6 Å². The molecule has 0 bridgehead atoms. The topological polar surface area (TPSA) is 113 Å². The van der Waals surface area contributed by atoms with Crippen molar-refractivity contribution in [2.24, 2.45) is 0 Å². The van der Waals surface area contributed by atoms with Crippen molar-refractivity contribution in [1.29, 1.82) is 0 Å². The number of nitrogens with one attached hydrogen (secondary N) is 1. The molecular formula is C28H31N2O5P. The maximum absolute atomic E-state index is 13.1. The van der Waals surface area contributed by atoms with E-state index in [0.29, 0.717) is 30.2 Å². The lowest BCUT2D eigenvalue weighted by molar-refractivity contribution is 0.0946. The summed E-state index contributed by atoms with van der Waals surface area (Å²) in [6.07, 6.45) is 4.24. The first kappa shape index (κ1) is 25.8. The maximum atomic E-state index is 13.1. The van der Waals surface area contributed by atoms with Gasteiger partial charge in [-0.3, -0.25) is 9.36 Å². The Bertz CT molecular complexity index is 1370. The van der Waals surface area contributed by atoms with Crippen molar-refractivity contribution >= 4 is 24.3 Å². The second kappa shape index (κ2) is 11.7. The monoisotopic (exact) mass is 506 g/mol. The summed E-state index contributed by atoms with van der Waals surface area (Å²) in [7, 11) is -4.14. The summed E-state index contributed by atoms with van der Waals surface area (Å²) in [5, 5.41) is 5.01. The van der Waals surface area contributed by atoms with Gasteiger partial charge >= 0.3 is 7.60 Å². The molecule has 0 aliphatic carbocycles. The number of rotatable bonds is 11. The van der Waals surface area contributed by atoms with Gasteiger partial charge in [-0.15, -0.1) is 0 Å². The van der Waals surface area contributed by atoms with Crippen LogP contribution in [0.2, 0.25) is 0 Å². The van der Waals surface area contributed by atoms with Crippen LogP contribution in [0.4, 0.5) is 0 Å². The first-order chi connectivity index (χ1) is 17.3. The molecule has 1 heterocycles. The van der Waals surface area contributed by atoms with Gasteiger partial charge in [-0.25, -0.2) is 4.98 Å². The Hall–Kier alpha value is -3.25. The Morgan fingerprint density at radius 1 is 0.944 bits per heavy atom. The van der Waals surface area contributed by atoms with Crippen LogP contribution in [-0.2, 0) is 17.1 Å². The number of hydrogen-bond acceptors (Lipinski definition) is 4. The van der Waals surface area contributed by atoms with Crippen molar-refractivity contribution in [1.82, 2.24) is 10.3 Å². The predicted octanol–water partition coefficient (Wildman–Crippen LogP) is 6.07. The molecule has 188 valence electrons. The van der Waals surface area contributed by atoms with Gasteiger partial charge in [0.1, 0.15) is 5.76 Å². The standard InChI is InChI=1S/C28H31N2O5P/c1-2-3-4-7-17-29-27(31)26-25(18-20-13-15-21(16-14-20)19-36(32,33)34)35-28(30-26)24-12-8-10-22-9-5-6-11-23(22)24/h5-6,8-16H,2-4,7,17-19H2,1H3,(H,29,31)(H2,32,33,34). The van der Waals surface area contributed by atoms with Gasteiger partial charge in [0.2, 0.25) is 5.89 Å². The number of aromatic nitrogens is 1. The number of amides is 1. The number of nitrogens with zero attached hydrogens (tertiary/aromatic N) is 1. The smallest absolute Gasteiger partial charge is 0.329 e. The average molecular weight is 507 g/mol. The molecule has 0 radical (unpaired) electrons. The molecule has 3 N–H and O–H groups in total. The molecule has 1 amide bonds. The number of carbonyl (C=O) groups excluding carboxylic acids is 1. The van der Waals surface area contributed by atoms with Crippen LogP contribution in [0.1, 0.15) is 60.0 Å². The second-order valence-corrected chi connectivity index (χ2v) is 10.6. The highest BCUT2D eigenvalue weighted by molar-refractivity contribution is 7.50. The maximum Gasteiger partial charge on any atom is 0.329 e. The van der Waals surface area contributed by atoms with Crippen LogP contribution in [0.15, 0.2) is 71.1 Å². The van der Waals surface area contributed by atoms with Crippen LogP contribution >= 0.6 is 7.60 Å². The van der Waals surface area contributed by atoms with Gasteiger partial charge in [0.15, 0.2) is 5.69 Å². The van der Waals surface area contributed by atoms with E-state index in [2.05, 4.69) is 17.2 Å². The van der Waals surface area contributed by atoms with Gasteiger partial charge in [-0.1, -0.05) is 86.8 Å². The summed E-state index contributed by atoms with van der Waals surface area (Å²) >= 11 is 0. The highest BCUT2D eigenvalue weighted by Crippen LogP contribution is 2.39. The molecule has 4 rings (SSSR count). The third-order valence-electron chi connectivity index (χ3n) is 6.02. The Kier molecular flexibility index (Phi) is 8.36. The first-order valence-corrected chi connectivity index (χ1v) is 14.0. The van der Waals surface area contributed by atoms with E-state index in [0.717, 1.165) is 47.6 Å². The molecule has 0 saturated heterocycles. The number of carbonyl (C=O) groups is 1. The average Bonchev–Trinajstić information content (AvgIpc) is 3.27. The summed E-state index contributed by atoms with van der Waals surface area (Å²) in [6, 6.07) is 20.8. The minimum Gasteiger partial charge on any atom is -0.440 e. The van der Waals surface area contributed by atoms with E-state index < -0.39 is 7.60 Å². The molecule has 0 aliphatic heterocycles. The number of benzene rings is 3. The molecule has 0 unspecified atom stereocenters. The molecule has 0 atom stereocenters. The van der Waals surface area contributed by atoms with Crippen LogP contribution in [0, 0.1) is 0 Å². The van der Waals surface area contributed by atoms with Crippen LogP contribution in [0.5, 0.6) is 0 Å². The third kappa shape index (κ3) is 6.70. The molecule has 0 fully saturated rings. The number of hydrogen-bond donors (Lipinski definition) is 3. The summed E-state index contributed by atoms with van der Waals surface area (Å²) in [5.41, 5.74) is 2.47. The fourth-order valence-corrected chi connectivity index (χ4v) is 4.89. The van der Waals surface area contributed by atoms with Gasteiger partial charge in [0.25, 0.3) is 5.91 Å². The van der Waals surface area contributed by atoms with E-state index in [4.69, 9.17) is 4.42 Å². The largest absolute Gasteiger partial charge is 0.440 e. The molecule has 0 saturated carbocycles. The van der Waals surface area contributed by atoms with E-state index in [-0.39, 0.29) is 17.8 Å². The van der Waals surface area contributed by atoms with Crippen molar-refractivity contribution in [2.45, 2.75) is 45.2 Å². The lowest BCUT2D eigenvalue weighted by atomic mass is 10.0. The Morgan fingerprint density at radius 2 is 1.67 bits per heavy atom. The fraction of sp³-hybridized carbons (Fsp3) is 0.286. The van der Waals surface area contributed by atoms with Gasteiger partial charge in [-0.05, 0) is 34.4 Å². The molecule has 0 spiro atoms. The van der Waals surface area contributed by atoms with Gasteiger partial charge in [-0.2, -0.15) is 0 Å². The van der Waals surface area contributed by atoms with E-state index in [1.807, 2.05) is 42.5 Å². The molecular weight excluding hydrogens is 475 g/mol. The minimum atomic E-state index is -4.14. The van der Waals surface area contributed by atoms with Gasteiger partial charge in [0.05, 0.1) is 6.16 Å². The normalized spacial score (nSPS) is 11.6. The number of oxazole rings is 1. The van der Waals surface area contributed by atoms with Crippen molar-refractivity contribution in [3.8, 4) is 11.5 Å². The number of unbranched alkanes of at least 4 members (excludes halogenated alkanes) is 3. The van der Waals surface area contributed by atoms with E-state index in [1.165, 1.54) is 0 Å². The van der Waals surface area contributed by atoms with Gasteiger partial charge < -0.3 is 19.5 Å². The summed E-state index contributed by atoms with van der Waals surface area (Å²) in [5.74, 6) is 0.567. The predicted molar refractivity (Wildman–Crippen MR) is 141 cm³/mol. The number of fused-ring (bicyclic) bond motifs is 1. The van der Waals surface area contributed by atoms with E-state index in [9.17, 15) is 19.1 Å². The highest BCUT2D eigenvalue weighted by atomic mass is 31.2. The molecule has 0 aliphatic rings. The summed E-state index contributed by atoms with van der Waals surface area (Å²) in [6.45, 7) is 2.72. The minimum absolute atomic E-state index is 0.257. The zero-order valence-electron chi connectivity index (χ0n) is 20.3.